The van der Waals surface area contributed by atoms with E-state index in [1.807, 2.05) is 0 Å². The molecule has 0 saturated carbocycles. The molecule has 2 N–H and O–H groups in total. The number of nitrogens with two attached hydrogens (primary N) is 1. The van der Waals surface area contributed by atoms with Gasteiger partial charge in [-0.15, -0.1) is 0 Å². The fourth-order valence-corrected chi connectivity index (χ4v) is 2.67. The quantitative estimate of drug-likeness (QED) is 0.877. The molecule has 1 aromatic rings. The van der Waals surface area contributed by atoms with Crippen LogP contribution in [0.4, 0.5) is 0 Å². The molecule has 7 heteroatoms. The van der Waals surface area contributed by atoms with Gasteiger partial charge in [0, 0.05) is 24.1 Å². The van der Waals surface area contributed by atoms with Gasteiger partial charge >= 0.3 is 0 Å². The number of hydrogen-bond donors (Lipinski definition) is 1. The summed E-state index contributed by atoms with van der Waals surface area (Å²) in [5.74, 6) is -0.280. The van der Waals surface area contributed by atoms with Crippen molar-refractivity contribution in [1.82, 2.24) is 4.90 Å². The molecule has 0 fully saturated rings. The third kappa shape index (κ3) is 2.81. The predicted molar refractivity (Wildman–Crippen MR) is 63.5 cm³/mol. The molecule has 0 radical (unpaired) electrons. The van der Waals surface area contributed by atoms with Crippen LogP contribution in [0.15, 0.2) is 27.6 Å². The Labute approximate surface area is 102 Å². The van der Waals surface area contributed by atoms with Crippen molar-refractivity contribution in [1.29, 1.82) is 0 Å². The Balaban J connectivity index is 3.34. The summed E-state index contributed by atoms with van der Waals surface area (Å²) in [6, 6.07) is 4.26. The van der Waals surface area contributed by atoms with E-state index in [-0.39, 0.29) is 16.4 Å². The highest BCUT2D eigenvalue weighted by Crippen LogP contribution is 2.22. The van der Waals surface area contributed by atoms with Gasteiger partial charge in [0.2, 0.25) is 10.0 Å². The van der Waals surface area contributed by atoms with Gasteiger partial charge in [-0.05, 0) is 34.1 Å². The second kappa shape index (κ2) is 4.52. The third-order valence-corrected chi connectivity index (χ3v) is 3.80. The zero-order valence-electron chi connectivity index (χ0n) is 8.77. The van der Waals surface area contributed by atoms with Crippen LogP contribution in [0.1, 0.15) is 10.4 Å². The summed E-state index contributed by atoms with van der Waals surface area (Å²) in [5.41, 5.74) is 0.275. The fraction of sp³-hybridized carbons (Fsp3) is 0.222. The van der Waals surface area contributed by atoms with Crippen molar-refractivity contribution in [2.45, 2.75) is 4.90 Å². The molecule has 0 aromatic heterocycles. The van der Waals surface area contributed by atoms with Crippen LogP contribution in [0.2, 0.25) is 0 Å². The van der Waals surface area contributed by atoms with Crippen molar-refractivity contribution >= 4 is 31.9 Å². The summed E-state index contributed by atoms with van der Waals surface area (Å²) in [6.45, 7) is 0. The maximum Gasteiger partial charge on any atom is 0.253 e. The van der Waals surface area contributed by atoms with Crippen LogP contribution in [-0.2, 0) is 10.0 Å². The van der Waals surface area contributed by atoms with E-state index in [0.29, 0.717) is 4.47 Å². The molecule has 0 spiro atoms. The van der Waals surface area contributed by atoms with E-state index in [1.165, 1.54) is 23.1 Å². The van der Waals surface area contributed by atoms with Gasteiger partial charge in [0.15, 0.2) is 0 Å². The lowest BCUT2D eigenvalue weighted by Crippen LogP contribution is -2.22. The second-order valence-electron chi connectivity index (χ2n) is 3.39. The molecule has 1 rings (SSSR count). The molecule has 1 aromatic carbocycles. The minimum absolute atomic E-state index is 0.0970. The average molecular weight is 307 g/mol. The van der Waals surface area contributed by atoms with Gasteiger partial charge in [-0.1, -0.05) is 0 Å². The minimum atomic E-state index is -3.83. The summed E-state index contributed by atoms with van der Waals surface area (Å²) < 4.78 is 22.8. The van der Waals surface area contributed by atoms with Gasteiger partial charge in [0.05, 0.1) is 4.90 Å². The Bertz CT molecular complexity index is 526. The Morgan fingerprint density at radius 2 is 1.94 bits per heavy atom. The third-order valence-electron chi connectivity index (χ3n) is 1.89. The van der Waals surface area contributed by atoms with E-state index >= 15 is 0 Å². The summed E-state index contributed by atoms with van der Waals surface area (Å²) in [7, 11) is -0.664. The number of primary sulfonamides is 1. The topological polar surface area (TPSA) is 80.5 Å². The first-order valence-corrected chi connectivity index (χ1v) is 6.61. The standard InChI is InChI=1S/C9H11BrN2O3S/c1-12(2)9(13)6-3-4-7(10)8(5-6)16(11,14)15/h3-5H,1-2H3,(H2,11,14,15). The molecule has 0 unspecified atom stereocenters. The molecule has 0 bridgehead atoms. The number of benzene rings is 1. The smallest absolute Gasteiger partial charge is 0.253 e. The first-order chi connectivity index (χ1) is 7.23. The fourth-order valence-electron chi connectivity index (χ4n) is 1.11. The highest BCUT2D eigenvalue weighted by molar-refractivity contribution is 9.10. The van der Waals surface area contributed by atoms with E-state index in [0.717, 1.165) is 0 Å². The zero-order valence-corrected chi connectivity index (χ0v) is 11.2. The van der Waals surface area contributed by atoms with Crippen molar-refractivity contribution in [2.75, 3.05) is 14.1 Å². The SMILES string of the molecule is CN(C)C(=O)c1ccc(Br)c(S(N)(=O)=O)c1. The molecule has 0 aliphatic carbocycles. The van der Waals surface area contributed by atoms with Gasteiger partial charge in [-0.2, -0.15) is 0 Å². The van der Waals surface area contributed by atoms with Crippen molar-refractivity contribution in [3.8, 4) is 0 Å². The Morgan fingerprint density at radius 1 is 1.38 bits per heavy atom. The number of halogens is 1. The molecule has 0 aliphatic rings. The highest BCUT2D eigenvalue weighted by atomic mass is 79.9. The van der Waals surface area contributed by atoms with Gasteiger partial charge in [0.1, 0.15) is 0 Å². The number of rotatable bonds is 2. The Morgan fingerprint density at radius 3 is 2.38 bits per heavy atom. The van der Waals surface area contributed by atoms with Crippen molar-refractivity contribution in [3.05, 3.63) is 28.2 Å². The molecule has 1 amide bonds. The summed E-state index contributed by atoms with van der Waals surface area (Å²) in [5, 5.41) is 5.02. The van der Waals surface area contributed by atoms with Crippen LogP contribution < -0.4 is 5.14 Å². The predicted octanol–water partition coefficient (Wildman–Crippen LogP) is 0.798. The van der Waals surface area contributed by atoms with Gasteiger partial charge in [0.25, 0.3) is 5.91 Å². The van der Waals surface area contributed by atoms with E-state index in [2.05, 4.69) is 15.9 Å². The molecule has 0 heterocycles. The van der Waals surface area contributed by atoms with Crippen LogP contribution in [0.5, 0.6) is 0 Å². The van der Waals surface area contributed by atoms with Crippen molar-refractivity contribution in [3.63, 3.8) is 0 Å². The lowest BCUT2D eigenvalue weighted by Gasteiger charge is -2.11. The molecule has 5 nitrogen and oxygen atoms in total. The molecule has 0 aliphatic heterocycles. The number of nitrogens with zero attached hydrogens (tertiary/aromatic N) is 1. The Kier molecular flexibility index (Phi) is 3.72. The molecule has 16 heavy (non-hydrogen) atoms. The zero-order chi connectivity index (χ0) is 12.5. The van der Waals surface area contributed by atoms with E-state index in [9.17, 15) is 13.2 Å². The van der Waals surface area contributed by atoms with Crippen LogP contribution in [-0.4, -0.2) is 33.3 Å². The van der Waals surface area contributed by atoms with Crippen molar-refractivity contribution < 1.29 is 13.2 Å². The summed E-state index contributed by atoms with van der Waals surface area (Å²) in [6.07, 6.45) is 0. The molecule has 0 saturated heterocycles. The summed E-state index contributed by atoms with van der Waals surface area (Å²) in [4.78, 5) is 12.9. The number of amides is 1. The first kappa shape index (κ1) is 13.1. The molecule has 0 atom stereocenters. The highest BCUT2D eigenvalue weighted by Gasteiger charge is 2.16. The van der Waals surface area contributed by atoms with Gasteiger partial charge < -0.3 is 4.90 Å². The number of hydrogen-bond acceptors (Lipinski definition) is 3. The van der Waals surface area contributed by atoms with Crippen LogP contribution in [0.3, 0.4) is 0 Å². The summed E-state index contributed by atoms with van der Waals surface area (Å²) >= 11 is 3.07. The maximum absolute atomic E-state index is 11.6. The average Bonchev–Trinajstić information content (AvgIpc) is 2.15. The number of carbonyl (C=O) groups is 1. The van der Waals surface area contributed by atoms with Crippen molar-refractivity contribution in [2.24, 2.45) is 5.14 Å². The largest absolute Gasteiger partial charge is 0.345 e. The molecular formula is C9H11BrN2O3S. The van der Waals surface area contributed by atoms with Gasteiger partial charge in [-0.3, -0.25) is 4.79 Å². The molecule has 88 valence electrons. The second-order valence-corrected chi connectivity index (χ2v) is 5.77. The van der Waals surface area contributed by atoms with E-state index < -0.39 is 10.0 Å². The van der Waals surface area contributed by atoms with E-state index in [4.69, 9.17) is 5.14 Å². The number of carbonyl (C=O) groups excluding carboxylic acids is 1. The Hall–Kier alpha value is -0.920. The van der Waals surface area contributed by atoms with Crippen LogP contribution in [0.25, 0.3) is 0 Å². The number of sulfonamides is 1. The monoisotopic (exact) mass is 306 g/mol. The maximum atomic E-state index is 11.6. The lowest BCUT2D eigenvalue weighted by molar-refractivity contribution is 0.0827. The lowest BCUT2D eigenvalue weighted by atomic mass is 10.2. The van der Waals surface area contributed by atoms with Crippen LogP contribution >= 0.6 is 15.9 Å². The first-order valence-electron chi connectivity index (χ1n) is 4.27. The molecular weight excluding hydrogens is 296 g/mol. The van der Waals surface area contributed by atoms with Gasteiger partial charge in [-0.25, -0.2) is 13.6 Å². The normalized spacial score (nSPS) is 11.2. The minimum Gasteiger partial charge on any atom is -0.345 e. The van der Waals surface area contributed by atoms with E-state index in [1.54, 1.807) is 14.1 Å². The van der Waals surface area contributed by atoms with Crippen LogP contribution in [0, 0.1) is 0 Å².